The minimum Gasteiger partial charge on any atom is -0.496 e. The zero-order chi connectivity index (χ0) is 17.1. The molecule has 0 saturated carbocycles. The SMILES string of the molecule is CCCCc1ccc2[nH]c(-c3cc(Cl)ccc3OC)c(C=O)c2c1. The number of nitrogens with one attached hydrogen (secondary N) is 1. The molecule has 0 saturated heterocycles. The van der Waals surface area contributed by atoms with E-state index in [1.807, 2.05) is 18.2 Å². The third kappa shape index (κ3) is 3.04. The molecule has 2 aromatic carbocycles. The van der Waals surface area contributed by atoms with E-state index in [-0.39, 0.29) is 0 Å². The third-order valence-electron chi connectivity index (χ3n) is 4.27. The van der Waals surface area contributed by atoms with E-state index in [4.69, 9.17) is 16.3 Å². The van der Waals surface area contributed by atoms with Crippen molar-refractivity contribution in [2.75, 3.05) is 7.11 Å². The Bertz CT molecular complexity index is 883. The lowest BCUT2D eigenvalue weighted by atomic mass is 10.0. The smallest absolute Gasteiger partial charge is 0.152 e. The molecular weight excluding hydrogens is 322 g/mol. The highest BCUT2D eigenvalue weighted by atomic mass is 35.5. The summed E-state index contributed by atoms with van der Waals surface area (Å²) in [6.45, 7) is 2.18. The van der Waals surface area contributed by atoms with E-state index in [9.17, 15) is 4.79 Å². The van der Waals surface area contributed by atoms with Gasteiger partial charge in [0.25, 0.3) is 0 Å². The average molecular weight is 342 g/mol. The number of rotatable bonds is 6. The molecule has 1 aromatic heterocycles. The first-order chi connectivity index (χ1) is 11.7. The highest BCUT2D eigenvalue weighted by Crippen LogP contribution is 2.36. The summed E-state index contributed by atoms with van der Waals surface area (Å²) in [7, 11) is 1.61. The summed E-state index contributed by atoms with van der Waals surface area (Å²) in [5.74, 6) is 0.681. The molecule has 24 heavy (non-hydrogen) atoms. The quantitative estimate of drug-likeness (QED) is 0.588. The number of benzene rings is 2. The second kappa shape index (κ2) is 7.10. The Hall–Kier alpha value is -2.26. The number of aldehydes is 1. The number of fused-ring (bicyclic) bond motifs is 1. The summed E-state index contributed by atoms with van der Waals surface area (Å²) in [6.07, 6.45) is 4.21. The zero-order valence-corrected chi connectivity index (χ0v) is 14.6. The van der Waals surface area contributed by atoms with Crippen molar-refractivity contribution in [3.8, 4) is 17.0 Å². The fourth-order valence-corrected chi connectivity index (χ4v) is 3.18. The molecule has 0 bridgehead atoms. The Kier molecular flexibility index (Phi) is 4.91. The van der Waals surface area contributed by atoms with Gasteiger partial charge in [0, 0.05) is 27.1 Å². The van der Waals surface area contributed by atoms with Crippen LogP contribution in [0.3, 0.4) is 0 Å². The second-order valence-corrected chi connectivity index (χ2v) is 6.30. The molecule has 0 fully saturated rings. The first-order valence-corrected chi connectivity index (χ1v) is 8.49. The largest absolute Gasteiger partial charge is 0.496 e. The number of aryl methyl sites for hydroxylation is 1. The Morgan fingerprint density at radius 2 is 2.04 bits per heavy atom. The highest BCUT2D eigenvalue weighted by molar-refractivity contribution is 6.31. The van der Waals surface area contributed by atoms with E-state index < -0.39 is 0 Å². The lowest BCUT2D eigenvalue weighted by Crippen LogP contribution is -1.91. The molecular formula is C20H20ClNO2. The first-order valence-electron chi connectivity index (χ1n) is 8.11. The first kappa shape index (κ1) is 16.6. The van der Waals surface area contributed by atoms with Gasteiger partial charge in [0.15, 0.2) is 6.29 Å². The van der Waals surface area contributed by atoms with Crippen LogP contribution in [0, 0.1) is 0 Å². The molecule has 0 amide bonds. The molecule has 1 heterocycles. The molecule has 0 spiro atoms. The predicted molar refractivity (Wildman–Crippen MR) is 99.3 cm³/mol. The number of hydrogen-bond donors (Lipinski definition) is 1. The summed E-state index contributed by atoms with van der Waals surface area (Å²) in [6, 6.07) is 11.7. The van der Waals surface area contributed by atoms with Crippen LogP contribution in [0.25, 0.3) is 22.2 Å². The fourth-order valence-electron chi connectivity index (χ4n) is 3.01. The highest BCUT2D eigenvalue weighted by Gasteiger charge is 2.17. The van der Waals surface area contributed by atoms with Crippen LogP contribution in [-0.2, 0) is 6.42 Å². The van der Waals surface area contributed by atoms with Crippen molar-refractivity contribution in [3.05, 3.63) is 52.5 Å². The van der Waals surface area contributed by atoms with Gasteiger partial charge in [-0.25, -0.2) is 0 Å². The molecule has 0 aliphatic rings. The Balaban J connectivity index is 2.18. The molecule has 3 aromatic rings. The van der Waals surface area contributed by atoms with Crippen LogP contribution >= 0.6 is 11.6 Å². The number of carbonyl (C=O) groups is 1. The molecule has 0 aliphatic carbocycles. The van der Waals surface area contributed by atoms with Crippen LogP contribution < -0.4 is 4.74 Å². The van der Waals surface area contributed by atoms with Crippen molar-refractivity contribution in [3.63, 3.8) is 0 Å². The van der Waals surface area contributed by atoms with Crippen molar-refractivity contribution in [2.45, 2.75) is 26.2 Å². The van der Waals surface area contributed by atoms with Gasteiger partial charge in [-0.3, -0.25) is 4.79 Å². The van der Waals surface area contributed by atoms with Gasteiger partial charge in [0.05, 0.1) is 12.8 Å². The summed E-state index contributed by atoms with van der Waals surface area (Å²) >= 11 is 6.14. The number of hydrogen-bond acceptors (Lipinski definition) is 2. The van der Waals surface area contributed by atoms with Crippen LogP contribution in [0.2, 0.25) is 5.02 Å². The van der Waals surface area contributed by atoms with E-state index in [0.29, 0.717) is 16.3 Å². The average Bonchev–Trinajstić information content (AvgIpc) is 2.97. The minimum absolute atomic E-state index is 0.602. The van der Waals surface area contributed by atoms with Gasteiger partial charge >= 0.3 is 0 Å². The standard InChI is InChI=1S/C20H20ClNO2/c1-3-4-5-13-6-8-18-15(10-13)17(12-23)20(22-18)16-11-14(21)7-9-19(16)24-2/h6-12,22H,3-5H2,1-2H3. The van der Waals surface area contributed by atoms with Gasteiger partial charge in [-0.05, 0) is 48.7 Å². The van der Waals surface area contributed by atoms with E-state index in [1.54, 1.807) is 13.2 Å². The summed E-state index contributed by atoms with van der Waals surface area (Å²) in [5, 5.41) is 1.54. The number of carbonyl (C=O) groups excluding carboxylic acids is 1. The summed E-state index contributed by atoms with van der Waals surface area (Å²) in [4.78, 5) is 15.1. The molecule has 4 heteroatoms. The van der Waals surface area contributed by atoms with Crippen molar-refractivity contribution in [1.29, 1.82) is 0 Å². The molecule has 3 rings (SSSR count). The molecule has 0 aliphatic heterocycles. The summed E-state index contributed by atoms with van der Waals surface area (Å²) < 4.78 is 5.43. The van der Waals surface area contributed by atoms with Crippen LogP contribution in [0.4, 0.5) is 0 Å². The maximum Gasteiger partial charge on any atom is 0.152 e. The third-order valence-corrected chi connectivity index (χ3v) is 4.51. The van der Waals surface area contributed by atoms with E-state index in [0.717, 1.165) is 47.7 Å². The van der Waals surface area contributed by atoms with Gasteiger partial charge in [0.1, 0.15) is 5.75 Å². The summed E-state index contributed by atoms with van der Waals surface area (Å²) in [5.41, 5.74) is 4.36. The number of methoxy groups -OCH3 is 1. The Labute approximate surface area is 146 Å². The lowest BCUT2D eigenvalue weighted by Gasteiger charge is -2.08. The molecule has 124 valence electrons. The van der Waals surface area contributed by atoms with Crippen molar-refractivity contribution < 1.29 is 9.53 Å². The number of halogens is 1. The number of unbranched alkanes of at least 4 members (excludes halogenated alkanes) is 1. The fraction of sp³-hybridized carbons (Fsp3) is 0.250. The minimum atomic E-state index is 0.602. The van der Waals surface area contributed by atoms with Gasteiger partial charge in [-0.1, -0.05) is 31.0 Å². The molecule has 0 radical (unpaired) electrons. The lowest BCUT2D eigenvalue weighted by molar-refractivity contribution is 0.112. The Morgan fingerprint density at radius 1 is 1.21 bits per heavy atom. The van der Waals surface area contributed by atoms with Gasteiger partial charge in [0.2, 0.25) is 0 Å². The number of ether oxygens (including phenoxy) is 1. The predicted octanol–water partition coefficient (Wildman–Crippen LogP) is 5.65. The topological polar surface area (TPSA) is 42.1 Å². The van der Waals surface area contributed by atoms with Crippen LogP contribution in [0.15, 0.2) is 36.4 Å². The zero-order valence-electron chi connectivity index (χ0n) is 13.9. The van der Waals surface area contributed by atoms with Crippen molar-refractivity contribution >= 4 is 28.8 Å². The van der Waals surface area contributed by atoms with E-state index >= 15 is 0 Å². The van der Waals surface area contributed by atoms with Gasteiger partial charge < -0.3 is 9.72 Å². The van der Waals surface area contributed by atoms with E-state index in [2.05, 4.69) is 24.0 Å². The van der Waals surface area contributed by atoms with Crippen LogP contribution in [0.5, 0.6) is 5.75 Å². The maximum absolute atomic E-state index is 11.8. The molecule has 1 N–H and O–H groups in total. The van der Waals surface area contributed by atoms with Crippen LogP contribution in [-0.4, -0.2) is 18.4 Å². The molecule has 3 nitrogen and oxygen atoms in total. The normalized spacial score (nSPS) is 11.0. The second-order valence-electron chi connectivity index (χ2n) is 5.86. The number of aromatic nitrogens is 1. The van der Waals surface area contributed by atoms with Gasteiger partial charge in [-0.15, -0.1) is 0 Å². The maximum atomic E-state index is 11.8. The van der Waals surface area contributed by atoms with Crippen molar-refractivity contribution in [2.24, 2.45) is 0 Å². The van der Waals surface area contributed by atoms with Crippen molar-refractivity contribution in [1.82, 2.24) is 4.98 Å². The molecule has 0 unspecified atom stereocenters. The number of aromatic amines is 1. The van der Waals surface area contributed by atoms with E-state index in [1.165, 1.54) is 5.56 Å². The molecule has 0 atom stereocenters. The Morgan fingerprint density at radius 3 is 2.75 bits per heavy atom. The van der Waals surface area contributed by atoms with Crippen LogP contribution in [0.1, 0.15) is 35.7 Å². The monoisotopic (exact) mass is 341 g/mol. The number of H-pyrrole nitrogens is 1. The van der Waals surface area contributed by atoms with Gasteiger partial charge in [-0.2, -0.15) is 0 Å².